The number of hydrogen-bond donors (Lipinski definition) is 2. The molecular formula is C18H27IN4O. The van der Waals surface area contributed by atoms with Gasteiger partial charge >= 0.3 is 0 Å². The van der Waals surface area contributed by atoms with E-state index in [9.17, 15) is 0 Å². The zero-order valence-corrected chi connectivity index (χ0v) is 16.9. The summed E-state index contributed by atoms with van der Waals surface area (Å²) in [5.74, 6) is 2.07. The first-order valence-electron chi connectivity index (χ1n) is 7.92. The van der Waals surface area contributed by atoms with E-state index in [2.05, 4.69) is 45.6 Å². The molecule has 0 aliphatic rings. The maximum absolute atomic E-state index is 5.43. The molecule has 0 bridgehead atoms. The Balaban J connectivity index is 0.00000288. The van der Waals surface area contributed by atoms with Gasteiger partial charge in [-0.25, -0.2) is 0 Å². The van der Waals surface area contributed by atoms with Crippen LogP contribution in [0.3, 0.4) is 0 Å². The fourth-order valence-corrected chi connectivity index (χ4v) is 2.48. The van der Waals surface area contributed by atoms with Gasteiger partial charge in [-0.05, 0) is 23.8 Å². The molecule has 1 unspecified atom stereocenters. The summed E-state index contributed by atoms with van der Waals surface area (Å²) in [6.45, 7) is 4.72. The number of aromatic nitrogens is 1. The van der Waals surface area contributed by atoms with Gasteiger partial charge in [0.2, 0.25) is 0 Å². The average Bonchev–Trinajstić information content (AvgIpc) is 3.11. The van der Waals surface area contributed by atoms with E-state index in [0.717, 1.165) is 31.3 Å². The fraction of sp³-hybridized carbons (Fsp3) is 0.389. The van der Waals surface area contributed by atoms with Crippen LogP contribution in [0.15, 0.2) is 53.8 Å². The van der Waals surface area contributed by atoms with Crippen molar-refractivity contribution in [1.29, 1.82) is 0 Å². The normalized spacial score (nSPS) is 12.2. The summed E-state index contributed by atoms with van der Waals surface area (Å²) < 4.78 is 7.57. The third-order valence-corrected chi connectivity index (χ3v) is 3.80. The Hall–Kier alpha value is -1.70. The highest BCUT2D eigenvalue weighted by atomic mass is 127. The topological polar surface area (TPSA) is 50.6 Å². The van der Waals surface area contributed by atoms with Gasteiger partial charge in [0.1, 0.15) is 5.75 Å². The second-order valence-electron chi connectivity index (χ2n) is 5.44. The SMILES string of the molecule is CN=C(NCCn1cccc1)NCC(C)c1ccccc1OC.I. The Labute approximate surface area is 161 Å². The summed E-state index contributed by atoms with van der Waals surface area (Å²) >= 11 is 0. The molecule has 1 heterocycles. The molecule has 0 amide bonds. The molecule has 0 radical (unpaired) electrons. The molecule has 2 aromatic rings. The largest absolute Gasteiger partial charge is 0.496 e. The Morgan fingerprint density at radius 1 is 1.17 bits per heavy atom. The summed E-state index contributed by atoms with van der Waals surface area (Å²) in [7, 11) is 3.50. The molecule has 0 saturated carbocycles. The molecule has 0 fully saturated rings. The molecule has 2 N–H and O–H groups in total. The lowest BCUT2D eigenvalue weighted by Crippen LogP contribution is -2.40. The van der Waals surface area contributed by atoms with Gasteiger partial charge in [-0.15, -0.1) is 24.0 Å². The summed E-state index contributed by atoms with van der Waals surface area (Å²) in [6, 6.07) is 12.2. The van der Waals surface area contributed by atoms with E-state index in [1.54, 1.807) is 14.2 Å². The lowest BCUT2D eigenvalue weighted by Gasteiger charge is -2.18. The van der Waals surface area contributed by atoms with E-state index >= 15 is 0 Å². The Bertz CT molecular complexity index is 613. The number of methoxy groups -OCH3 is 1. The van der Waals surface area contributed by atoms with Crippen molar-refractivity contribution in [3.05, 3.63) is 54.4 Å². The van der Waals surface area contributed by atoms with Gasteiger partial charge in [-0.1, -0.05) is 25.1 Å². The number of rotatable bonds is 7. The van der Waals surface area contributed by atoms with Gasteiger partial charge in [0.25, 0.3) is 0 Å². The maximum Gasteiger partial charge on any atom is 0.191 e. The lowest BCUT2D eigenvalue weighted by molar-refractivity contribution is 0.406. The third-order valence-electron chi connectivity index (χ3n) is 3.80. The minimum Gasteiger partial charge on any atom is -0.496 e. The fourth-order valence-electron chi connectivity index (χ4n) is 2.48. The van der Waals surface area contributed by atoms with Crippen LogP contribution < -0.4 is 15.4 Å². The molecule has 0 aliphatic carbocycles. The first kappa shape index (κ1) is 20.3. The molecule has 132 valence electrons. The minimum atomic E-state index is 0. The van der Waals surface area contributed by atoms with Crippen LogP contribution in [0.5, 0.6) is 5.75 Å². The van der Waals surface area contributed by atoms with E-state index < -0.39 is 0 Å². The maximum atomic E-state index is 5.43. The second-order valence-corrected chi connectivity index (χ2v) is 5.44. The molecule has 0 aliphatic heterocycles. The molecule has 1 aromatic carbocycles. The number of nitrogens with one attached hydrogen (secondary N) is 2. The molecular weight excluding hydrogens is 415 g/mol. The van der Waals surface area contributed by atoms with Crippen LogP contribution in [0.2, 0.25) is 0 Å². The van der Waals surface area contributed by atoms with Crippen LogP contribution in [-0.4, -0.2) is 37.8 Å². The number of ether oxygens (including phenoxy) is 1. The van der Waals surface area contributed by atoms with E-state index in [1.165, 1.54) is 5.56 Å². The molecule has 1 aromatic heterocycles. The smallest absolute Gasteiger partial charge is 0.191 e. The minimum absolute atomic E-state index is 0. The number of hydrogen-bond acceptors (Lipinski definition) is 2. The standard InChI is InChI=1S/C18H26N4O.HI/c1-15(16-8-4-5-9-17(16)23-3)14-21-18(19-2)20-10-13-22-11-6-7-12-22;/h4-9,11-12,15H,10,13-14H2,1-3H3,(H2,19,20,21);1H. The summed E-state index contributed by atoms with van der Waals surface area (Å²) in [6.07, 6.45) is 4.11. The van der Waals surface area contributed by atoms with Crippen LogP contribution in [0.25, 0.3) is 0 Å². The van der Waals surface area contributed by atoms with Crippen LogP contribution >= 0.6 is 24.0 Å². The van der Waals surface area contributed by atoms with Crippen LogP contribution in [0.1, 0.15) is 18.4 Å². The highest BCUT2D eigenvalue weighted by Gasteiger charge is 2.11. The van der Waals surface area contributed by atoms with E-state index in [1.807, 2.05) is 30.3 Å². The van der Waals surface area contributed by atoms with Crippen molar-refractivity contribution >= 4 is 29.9 Å². The highest BCUT2D eigenvalue weighted by molar-refractivity contribution is 14.0. The molecule has 2 rings (SSSR count). The zero-order chi connectivity index (χ0) is 16.5. The van der Waals surface area contributed by atoms with Crippen molar-refractivity contribution in [1.82, 2.24) is 15.2 Å². The Kier molecular flexibility index (Phi) is 9.29. The molecule has 6 heteroatoms. The number of benzene rings is 1. The Morgan fingerprint density at radius 3 is 2.54 bits per heavy atom. The first-order valence-corrected chi connectivity index (χ1v) is 7.92. The molecule has 24 heavy (non-hydrogen) atoms. The number of halogens is 1. The lowest BCUT2D eigenvalue weighted by atomic mass is 10.0. The van der Waals surface area contributed by atoms with Crippen molar-refractivity contribution in [3.8, 4) is 5.75 Å². The van der Waals surface area contributed by atoms with Crippen LogP contribution in [0.4, 0.5) is 0 Å². The van der Waals surface area contributed by atoms with Gasteiger partial charge in [-0.3, -0.25) is 4.99 Å². The number of aliphatic imine (C=N–C) groups is 1. The van der Waals surface area contributed by atoms with Crippen molar-refractivity contribution in [3.63, 3.8) is 0 Å². The first-order chi connectivity index (χ1) is 11.2. The Morgan fingerprint density at radius 2 is 1.88 bits per heavy atom. The van der Waals surface area contributed by atoms with Crippen molar-refractivity contribution in [2.75, 3.05) is 27.2 Å². The molecule has 0 saturated heterocycles. The van der Waals surface area contributed by atoms with Crippen molar-refractivity contribution in [2.45, 2.75) is 19.4 Å². The number of nitrogens with zero attached hydrogens (tertiary/aromatic N) is 2. The molecule has 0 spiro atoms. The van der Waals surface area contributed by atoms with Gasteiger partial charge in [0.05, 0.1) is 7.11 Å². The van der Waals surface area contributed by atoms with E-state index in [-0.39, 0.29) is 24.0 Å². The van der Waals surface area contributed by atoms with Crippen molar-refractivity contribution < 1.29 is 4.74 Å². The summed E-state index contributed by atoms with van der Waals surface area (Å²) in [5.41, 5.74) is 1.20. The molecule has 5 nitrogen and oxygen atoms in total. The second kappa shape index (κ2) is 11.0. The van der Waals surface area contributed by atoms with Crippen LogP contribution in [0, 0.1) is 0 Å². The van der Waals surface area contributed by atoms with Gasteiger partial charge in [0, 0.05) is 45.0 Å². The van der Waals surface area contributed by atoms with Crippen molar-refractivity contribution in [2.24, 2.45) is 4.99 Å². The summed E-state index contributed by atoms with van der Waals surface area (Å²) in [5, 5.41) is 6.70. The summed E-state index contributed by atoms with van der Waals surface area (Å²) in [4.78, 5) is 4.27. The van der Waals surface area contributed by atoms with E-state index in [4.69, 9.17) is 4.74 Å². The van der Waals surface area contributed by atoms with Gasteiger partial charge in [0.15, 0.2) is 5.96 Å². The monoisotopic (exact) mass is 442 g/mol. The van der Waals surface area contributed by atoms with Gasteiger partial charge in [-0.2, -0.15) is 0 Å². The number of guanidine groups is 1. The molecule has 1 atom stereocenters. The van der Waals surface area contributed by atoms with E-state index in [0.29, 0.717) is 5.92 Å². The number of para-hydroxylation sites is 1. The highest BCUT2D eigenvalue weighted by Crippen LogP contribution is 2.25. The average molecular weight is 442 g/mol. The third kappa shape index (κ3) is 6.07. The predicted molar refractivity (Wildman–Crippen MR) is 111 cm³/mol. The van der Waals surface area contributed by atoms with Gasteiger partial charge < -0.3 is 19.9 Å². The quantitative estimate of drug-likeness (QED) is 0.394. The van der Waals surface area contributed by atoms with Crippen LogP contribution in [-0.2, 0) is 6.54 Å². The zero-order valence-electron chi connectivity index (χ0n) is 14.5. The predicted octanol–water partition coefficient (Wildman–Crippen LogP) is 3.08.